The summed E-state index contributed by atoms with van der Waals surface area (Å²) in [5.41, 5.74) is 1.91. The number of aromatic nitrogens is 1. The van der Waals surface area contributed by atoms with E-state index in [-0.39, 0.29) is 30.4 Å². The second-order valence-corrected chi connectivity index (χ2v) is 13.7. The fraction of sp³-hybridized carbons (Fsp3) is 0.412. The van der Waals surface area contributed by atoms with E-state index in [1.807, 2.05) is 17.0 Å². The van der Waals surface area contributed by atoms with E-state index < -0.39 is 0 Å². The smallest absolute Gasteiger partial charge is 0.411 e. The number of hydrogen-bond donors (Lipinski definition) is 0. The number of oxime groups is 1. The molecule has 2 aliphatic heterocycles. The Morgan fingerprint density at radius 2 is 1.75 bits per heavy atom. The molecule has 5 rings (SSSR count). The molecule has 3 amide bonds. The average molecular weight is 737 g/mol. The van der Waals surface area contributed by atoms with Crippen molar-refractivity contribution in [3.63, 3.8) is 0 Å². The zero-order chi connectivity index (χ0) is 34.4. The summed E-state index contributed by atoms with van der Waals surface area (Å²) in [6, 6.07) is 15.3. The van der Waals surface area contributed by atoms with E-state index in [0.29, 0.717) is 56.7 Å². The Morgan fingerprint density at radius 3 is 2.42 bits per heavy atom. The number of halogens is 4. The highest BCUT2D eigenvalue weighted by molar-refractivity contribution is 6.42. The maximum atomic E-state index is 13.5. The Morgan fingerprint density at radius 1 is 1.02 bits per heavy atom. The van der Waals surface area contributed by atoms with Crippen molar-refractivity contribution in [2.45, 2.75) is 37.6 Å². The zero-order valence-corrected chi connectivity index (χ0v) is 29.9. The number of nitrogens with zero attached hydrogens (tertiary/aromatic N) is 6. The minimum Gasteiger partial charge on any atom is -0.711 e. The van der Waals surface area contributed by atoms with Crippen LogP contribution in [0.4, 0.5) is 10.6 Å². The summed E-state index contributed by atoms with van der Waals surface area (Å²) in [5.74, 6) is -0.144. The number of amides is 3. The van der Waals surface area contributed by atoms with Gasteiger partial charge in [-0.15, -0.1) is 0 Å². The first-order chi connectivity index (χ1) is 23.0. The largest absolute Gasteiger partial charge is 0.711 e. The highest BCUT2D eigenvalue weighted by Gasteiger charge is 2.39. The molecule has 3 heterocycles. The van der Waals surface area contributed by atoms with E-state index >= 15 is 0 Å². The number of pyridine rings is 1. The summed E-state index contributed by atoms with van der Waals surface area (Å²) in [7, 11) is 3.17. The number of anilines is 1. The van der Waals surface area contributed by atoms with Crippen molar-refractivity contribution in [1.82, 2.24) is 14.7 Å². The molecule has 256 valence electrons. The van der Waals surface area contributed by atoms with Gasteiger partial charge in [-0.3, -0.25) is 4.79 Å². The van der Waals surface area contributed by atoms with Crippen molar-refractivity contribution in [3.8, 4) is 0 Å². The Balaban J connectivity index is 1.26. The van der Waals surface area contributed by atoms with Crippen LogP contribution in [0.25, 0.3) is 0 Å². The van der Waals surface area contributed by atoms with Crippen LogP contribution in [-0.4, -0.2) is 91.8 Å². The van der Waals surface area contributed by atoms with Gasteiger partial charge in [0.05, 0.1) is 35.0 Å². The van der Waals surface area contributed by atoms with Gasteiger partial charge >= 0.3 is 6.03 Å². The molecule has 0 aliphatic carbocycles. The van der Waals surface area contributed by atoms with E-state index in [0.717, 1.165) is 49.2 Å². The maximum Gasteiger partial charge on any atom is 0.411 e. The minimum absolute atomic E-state index is 0.0940. The quantitative estimate of drug-likeness (QED) is 0.0917. The highest BCUT2D eigenvalue weighted by Crippen LogP contribution is 2.31. The number of carbonyl (C=O) groups excluding carboxylic acids is 2. The lowest BCUT2D eigenvalue weighted by atomic mass is 9.89. The topological polar surface area (TPSA) is 95.6 Å². The Bertz CT molecular complexity index is 1630. The normalized spacial score (nSPS) is 17.0. The molecule has 10 nitrogen and oxygen atoms in total. The SMILES string of the molecule is CO/N=C(\CN(C)C(=O)c1cc(Cl)cc(Cl)c1)[C@H](CCN1CCC(N2CCCN(c3cccc[n+]3[O-])C2=O)CC1)c1ccc(Cl)c(Cl)c1. The van der Waals surface area contributed by atoms with Crippen molar-refractivity contribution in [2.24, 2.45) is 5.16 Å². The zero-order valence-electron chi connectivity index (χ0n) is 26.8. The summed E-state index contributed by atoms with van der Waals surface area (Å²) in [4.78, 5) is 39.6. The first-order valence-electron chi connectivity index (χ1n) is 15.8. The number of hydrogen-bond acceptors (Lipinski definition) is 6. The van der Waals surface area contributed by atoms with Crippen LogP contribution in [0.3, 0.4) is 0 Å². The molecule has 2 fully saturated rings. The van der Waals surface area contributed by atoms with Crippen molar-refractivity contribution >= 4 is 69.9 Å². The van der Waals surface area contributed by atoms with Crippen LogP contribution in [0.1, 0.15) is 47.5 Å². The van der Waals surface area contributed by atoms with Gasteiger partial charge in [0.1, 0.15) is 7.11 Å². The predicted octanol–water partition coefficient (Wildman–Crippen LogP) is 6.98. The van der Waals surface area contributed by atoms with Gasteiger partial charge in [-0.2, -0.15) is 4.90 Å². The second-order valence-electron chi connectivity index (χ2n) is 12.0. The van der Waals surface area contributed by atoms with Crippen LogP contribution in [0.15, 0.2) is 65.9 Å². The van der Waals surface area contributed by atoms with Crippen LogP contribution < -0.4 is 9.63 Å². The Kier molecular flexibility index (Phi) is 12.3. The van der Waals surface area contributed by atoms with Gasteiger partial charge in [0, 0.05) is 66.7 Å². The summed E-state index contributed by atoms with van der Waals surface area (Å²) in [6.07, 6.45) is 4.53. The van der Waals surface area contributed by atoms with Crippen molar-refractivity contribution in [1.29, 1.82) is 0 Å². The third-order valence-corrected chi connectivity index (χ3v) is 10.1. The van der Waals surface area contributed by atoms with Gasteiger partial charge in [0.15, 0.2) is 0 Å². The molecule has 2 aliphatic rings. The van der Waals surface area contributed by atoms with Gasteiger partial charge in [-0.05, 0) is 67.8 Å². The van der Waals surface area contributed by atoms with Gasteiger partial charge in [0.2, 0.25) is 0 Å². The minimum atomic E-state index is -0.263. The van der Waals surface area contributed by atoms with E-state index in [1.54, 1.807) is 59.3 Å². The molecule has 48 heavy (non-hydrogen) atoms. The summed E-state index contributed by atoms with van der Waals surface area (Å²) in [6.45, 7) is 3.73. The standard InChI is InChI=1S/C34H38Cl4N6O4/c1-40(33(45)24-18-25(35)21-26(36)19-24)22-31(39-48-2)28(23-7-8-29(37)30(38)20-23)11-17-41-15-9-27(10-16-41)42-12-5-13-43(34(42)46)32-6-3-4-14-44(32)47/h3-4,6-8,14,18-21,27-28H,5,9-13,15-17,22H2,1-2H3/b39-31+/t28-/m1/s1. The Labute approximate surface area is 300 Å². The molecule has 0 bridgehead atoms. The van der Waals surface area contributed by atoms with E-state index in [1.165, 1.54) is 13.3 Å². The molecule has 0 radical (unpaired) electrons. The van der Waals surface area contributed by atoms with Gasteiger partial charge < -0.3 is 24.7 Å². The average Bonchev–Trinajstić information content (AvgIpc) is 3.06. The Hall–Kier alpha value is -3.28. The monoisotopic (exact) mass is 734 g/mol. The fourth-order valence-corrected chi connectivity index (χ4v) is 7.31. The van der Waals surface area contributed by atoms with E-state index in [4.69, 9.17) is 51.2 Å². The van der Waals surface area contributed by atoms with Gasteiger partial charge in [-0.25, -0.2) is 9.52 Å². The number of rotatable bonds is 11. The molecule has 2 aromatic carbocycles. The number of piperidine rings is 1. The number of carbonyl (C=O) groups is 2. The van der Waals surface area contributed by atoms with Crippen molar-refractivity contribution < 1.29 is 19.2 Å². The molecule has 3 aromatic rings. The molecule has 0 N–H and O–H groups in total. The number of likely N-dealkylation sites (tertiary alicyclic amines) is 1. The number of benzene rings is 2. The predicted molar refractivity (Wildman–Crippen MR) is 191 cm³/mol. The second kappa shape index (κ2) is 16.4. The molecule has 2 saturated heterocycles. The van der Waals surface area contributed by atoms with Crippen LogP contribution in [0.2, 0.25) is 20.1 Å². The third kappa shape index (κ3) is 8.65. The molecular formula is C34H38Cl4N6O4. The van der Waals surface area contributed by atoms with Gasteiger partial charge in [0.25, 0.3) is 11.7 Å². The number of urea groups is 1. The molecule has 0 spiro atoms. The molecule has 0 unspecified atom stereocenters. The molecule has 0 saturated carbocycles. The summed E-state index contributed by atoms with van der Waals surface area (Å²) >= 11 is 25.1. The molecule has 1 atom stereocenters. The molecular weight excluding hydrogens is 698 g/mol. The lowest BCUT2D eigenvalue weighted by molar-refractivity contribution is -0.591. The van der Waals surface area contributed by atoms with Crippen LogP contribution in [0, 0.1) is 5.21 Å². The van der Waals surface area contributed by atoms with Crippen molar-refractivity contribution in [3.05, 3.63) is 97.2 Å². The highest BCUT2D eigenvalue weighted by atomic mass is 35.5. The lowest BCUT2D eigenvalue weighted by Crippen LogP contribution is -2.57. The van der Waals surface area contributed by atoms with Crippen LogP contribution in [-0.2, 0) is 4.84 Å². The van der Waals surface area contributed by atoms with Crippen molar-refractivity contribution in [2.75, 3.05) is 58.3 Å². The third-order valence-electron chi connectivity index (χ3n) is 8.88. The lowest BCUT2D eigenvalue weighted by Gasteiger charge is -2.41. The van der Waals surface area contributed by atoms with Crippen LogP contribution >= 0.6 is 46.4 Å². The first-order valence-corrected chi connectivity index (χ1v) is 17.3. The maximum absolute atomic E-state index is 13.5. The molecule has 1 aromatic heterocycles. The van der Waals surface area contributed by atoms with Crippen LogP contribution in [0.5, 0.6) is 0 Å². The molecule has 14 heteroatoms. The van der Waals surface area contributed by atoms with E-state index in [9.17, 15) is 14.8 Å². The fourth-order valence-electron chi connectivity index (χ4n) is 6.48. The summed E-state index contributed by atoms with van der Waals surface area (Å²) in [5, 5.41) is 18.4. The first kappa shape index (κ1) is 36.0. The van der Waals surface area contributed by atoms with E-state index in [2.05, 4.69) is 10.1 Å². The van der Waals surface area contributed by atoms with Gasteiger partial charge in [-0.1, -0.05) is 63.7 Å². The summed E-state index contributed by atoms with van der Waals surface area (Å²) < 4.78 is 0.746.